The Morgan fingerprint density at radius 3 is 2.55 bits per heavy atom. The van der Waals surface area contributed by atoms with E-state index < -0.39 is 6.43 Å². The highest BCUT2D eigenvalue weighted by molar-refractivity contribution is 5.85. The van der Waals surface area contributed by atoms with Crippen LogP contribution in [0.5, 0.6) is 0 Å². The number of pyridine rings is 1. The summed E-state index contributed by atoms with van der Waals surface area (Å²) < 4.78 is 28.7. The van der Waals surface area contributed by atoms with E-state index in [-0.39, 0.29) is 5.56 Å². The minimum Gasteiger partial charge on any atom is -0.247 e. The van der Waals surface area contributed by atoms with Crippen molar-refractivity contribution >= 4 is 11.0 Å². The average Bonchev–Trinajstić information content (AvgIpc) is 2.84. The molecule has 0 saturated heterocycles. The van der Waals surface area contributed by atoms with Gasteiger partial charge in [-0.3, -0.25) is 0 Å². The van der Waals surface area contributed by atoms with Gasteiger partial charge < -0.3 is 0 Å². The predicted molar refractivity (Wildman–Crippen MR) is 82.9 cm³/mol. The number of aromatic nitrogens is 3. The lowest BCUT2D eigenvalue weighted by Crippen LogP contribution is -2.01. The minimum absolute atomic E-state index is 0.00343. The van der Waals surface area contributed by atoms with Gasteiger partial charge in [-0.05, 0) is 19.4 Å². The molecule has 22 heavy (non-hydrogen) atoms. The van der Waals surface area contributed by atoms with Crippen LogP contribution in [0.3, 0.4) is 0 Å². The topological polar surface area (TPSA) is 30.7 Å². The number of hydrogen-bond donors (Lipinski definition) is 0. The molecular formula is C17H17F2N3. The van der Waals surface area contributed by atoms with Gasteiger partial charge in [0.2, 0.25) is 0 Å². The molecule has 0 aliphatic carbocycles. The van der Waals surface area contributed by atoms with Gasteiger partial charge in [0, 0.05) is 17.7 Å². The van der Waals surface area contributed by atoms with Gasteiger partial charge in [0.05, 0.1) is 16.8 Å². The Morgan fingerprint density at radius 2 is 1.91 bits per heavy atom. The van der Waals surface area contributed by atoms with Crippen molar-refractivity contribution < 1.29 is 8.78 Å². The summed E-state index contributed by atoms with van der Waals surface area (Å²) in [5.74, 6) is 0. The van der Waals surface area contributed by atoms with Gasteiger partial charge in [-0.2, -0.15) is 5.10 Å². The minimum atomic E-state index is -2.55. The van der Waals surface area contributed by atoms with E-state index in [1.807, 2.05) is 37.3 Å². The largest absolute Gasteiger partial charge is 0.264 e. The van der Waals surface area contributed by atoms with Crippen LogP contribution in [0.25, 0.3) is 22.3 Å². The highest BCUT2D eigenvalue weighted by atomic mass is 19.3. The summed E-state index contributed by atoms with van der Waals surface area (Å²) in [7, 11) is 0. The van der Waals surface area contributed by atoms with E-state index in [1.54, 1.807) is 11.6 Å². The first-order valence-electron chi connectivity index (χ1n) is 7.33. The number of halogens is 2. The molecule has 0 spiro atoms. The zero-order valence-corrected chi connectivity index (χ0v) is 12.6. The van der Waals surface area contributed by atoms with Crippen molar-refractivity contribution in [2.45, 2.75) is 33.2 Å². The Labute approximate surface area is 127 Å². The molecule has 2 heterocycles. The monoisotopic (exact) mass is 301 g/mol. The SMILES string of the molecule is CCCn1nc(C)c2c(C(F)F)cc(-c3ccccc3)nc21. The van der Waals surface area contributed by atoms with E-state index in [2.05, 4.69) is 10.1 Å². The van der Waals surface area contributed by atoms with Crippen LogP contribution in [-0.2, 0) is 6.54 Å². The smallest absolute Gasteiger partial charge is 0.247 e. The quantitative estimate of drug-likeness (QED) is 0.696. The van der Waals surface area contributed by atoms with Crippen molar-refractivity contribution in [3.63, 3.8) is 0 Å². The summed E-state index contributed by atoms with van der Waals surface area (Å²) in [4.78, 5) is 4.60. The standard InChI is InChI=1S/C17H17F2N3/c1-3-9-22-17-15(11(2)21-22)13(16(18)19)10-14(20-17)12-7-5-4-6-8-12/h4-8,10,16H,3,9H2,1-2H3. The lowest BCUT2D eigenvalue weighted by molar-refractivity contribution is 0.153. The van der Waals surface area contributed by atoms with Crippen LogP contribution < -0.4 is 0 Å². The van der Waals surface area contributed by atoms with Crippen molar-refractivity contribution in [1.82, 2.24) is 14.8 Å². The summed E-state index contributed by atoms with van der Waals surface area (Å²) >= 11 is 0. The van der Waals surface area contributed by atoms with E-state index in [4.69, 9.17) is 0 Å². The first kappa shape index (κ1) is 14.6. The molecular weight excluding hydrogens is 284 g/mol. The fourth-order valence-corrected chi connectivity index (χ4v) is 2.68. The van der Waals surface area contributed by atoms with Gasteiger partial charge in [-0.25, -0.2) is 18.4 Å². The Balaban J connectivity index is 2.30. The molecule has 0 saturated carbocycles. The molecule has 3 rings (SSSR count). The predicted octanol–water partition coefficient (Wildman–Crippen LogP) is 4.75. The summed E-state index contributed by atoms with van der Waals surface area (Å²) in [5, 5.41) is 4.85. The zero-order valence-electron chi connectivity index (χ0n) is 12.6. The molecule has 2 aromatic heterocycles. The first-order valence-corrected chi connectivity index (χ1v) is 7.33. The van der Waals surface area contributed by atoms with E-state index in [0.717, 1.165) is 12.0 Å². The van der Waals surface area contributed by atoms with Crippen LogP contribution in [0, 0.1) is 6.92 Å². The van der Waals surface area contributed by atoms with E-state index in [9.17, 15) is 8.78 Å². The molecule has 114 valence electrons. The number of alkyl halides is 2. The van der Waals surface area contributed by atoms with Crippen molar-refractivity contribution in [2.75, 3.05) is 0 Å². The first-order chi connectivity index (χ1) is 10.6. The molecule has 0 radical (unpaired) electrons. The molecule has 0 bridgehead atoms. The van der Waals surface area contributed by atoms with Crippen molar-refractivity contribution in [2.24, 2.45) is 0 Å². The molecule has 5 heteroatoms. The van der Waals surface area contributed by atoms with Gasteiger partial charge in [-0.1, -0.05) is 37.3 Å². The van der Waals surface area contributed by atoms with Crippen LogP contribution in [0.15, 0.2) is 36.4 Å². The molecule has 0 amide bonds. The molecule has 0 unspecified atom stereocenters. The Kier molecular flexibility index (Phi) is 3.88. The molecule has 0 N–H and O–H groups in total. The second kappa shape index (κ2) is 5.83. The summed E-state index contributed by atoms with van der Waals surface area (Å²) in [5.41, 5.74) is 2.53. The van der Waals surface area contributed by atoms with Gasteiger partial charge >= 0.3 is 0 Å². The summed E-state index contributed by atoms with van der Waals surface area (Å²) in [6, 6.07) is 10.9. The third-order valence-corrected chi connectivity index (χ3v) is 3.65. The van der Waals surface area contributed by atoms with Gasteiger partial charge in [0.1, 0.15) is 0 Å². The average molecular weight is 301 g/mol. The second-order valence-electron chi connectivity index (χ2n) is 5.27. The Bertz CT molecular complexity index is 795. The second-order valence-corrected chi connectivity index (χ2v) is 5.27. The molecule has 3 aromatic rings. The highest BCUT2D eigenvalue weighted by Gasteiger charge is 2.20. The van der Waals surface area contributed by atoms with E-state index in [1.165, 1.54) is 6.07 Å². The Morgan fingerprint density at radius 1 is 1.18 bits per heavy atom. The summed E-state index contributed by atoms with van der Waals surface area (Å²) in [6.07, 6.45) is -1.68. The lowest BCUT2D eigenvalue weighted by Gasteiger charge is -2.08. The number of hydrogen-bond acceptors (Lipinski definition) is 2. The van der Waals surface area contributed by atoms with E-state index in [0.29, 0.717) is 29.0 Å². The van der Waals surface area contributed by atoms with Gasteiger partial charge in [0.15, 0.2) is 5.65 Å². The van der Waals surface area contributed by atoms with E-state index >= 15 is 0 Å². The van der Waals surface area contributed by atoms with Crippen molar-refractivity contribution in [1.29, 1.82) is 0 Å². The number of fused-ring (bicyclic) bond motifs is 1. The van der Waals surface area contributed by atoms with Crippen LogP contribution in [0.2, 0.25) is 0 Å². The molecule has 0 atom stereocenters. The number of aryl methyl sites for hydroxylation is 2. The van der Waals surface area contributed by atoms with Crippen molar-refractivity contribution in [3.8, 4) is 11.3 Å². The van der Waals surface area contributed by atoms with Crippen LogP contribution >= 0.6 is 0 Å². The summed E-state index contributed by atoms with van der Waals surface area (Å²) in [6.45, 7) is 4.44. The number of benzene rings is 1. The third-order valence-electron chi connectivity index (χ3n) is 3.65. The normalized spacial score (nSPS) is 11.5. The Hall–Kier alpha value is -2.30. The highest BCUT2D eigenvalue weighted by Crippen LogP contribution is 2.32. The number of nitrogens with zero attached hydrogens (tertiary/aromatic N) is 3. The molecule has 0 aliphatic rings. The van der Waals surface area contributed by atoms with Crippen LogP contribution in [0.1, 0.15) is 31.0 Å². The van der Waals surface area contributed by atoms with Crippen molar-refractivity contribution in [3.05, 3.63) is 47.7 Å². The maximum Gasteiger partial charge on any atom is 0.264 e. The molecule has 0 fully saturated rings. The van der Waals surface area contributed by atoms with Gasteiger partial charge in [0.25, 0.3) is 6.43 Å². The third kappa shape index (κ3) is 2.47. The number of rotatable bonds is 4. The fraction of sp³-hybridized carbons (Fsp3) is 0.294. The molecule has 3 nitrogen and oxygen atoms in total. The van der Waals surface area contributed by atoms with Crippen LogP contribution in [-0.4, -0.2) is 14.8 Å². The lowest BCUT2D eigenvalue weighted by atomic mass is 10.1. The zero-order chi connectivity index (χ0) is 15.7. The molecule has 0 aliphatic heterocycles. The maximum atomic E-state index is 13.5. The maximum absolute atomic E-state index is 13.5. The van der Waals surface area contributed by atoms with Crippen LogP contribution in [0.4, 0.5) is 8.78 Å². The van der Waals surface area contributed by atoms with Gasteiger partial charge in [-0.15, -0.1) is 0 Å². The fourth-order valence-electron chi connectivity index (χ4n) is 2.68. The molecule has 1 aromatic carbocycles.